The summed E-state index contributed by atoms with van der Waals surface area (Å²) in [6, 6.07) is 5.40. The highest BCUT2D eigenvalue weighted by atomic mass is 19.1. The van der Waals surface area contributed by atoms with Crippen molar-refractivity contribution in [1.29, 1.82) is 0 Å². The molecule has 6 heteroatoms. The lowest BCUT2D eigenvalue weighted by Gasteiger charge is -2.19. The molecule has 2 aromatic rings. The van der Waals surface area contributed by atoms with E-state index in [1.807, 2.05) is 12.1 Å². The molecule has 0 spiro atoms. The molecule has 0 aliphatic carbocycles. The van der Waals surface area contributed by atoms with Gasteiger partial charge in [0.1, 0.15) is 5.60 Å². The Labute approximate surface area is 116 Å². The summed E-state index contributed by atoms with van der Waals surface area (Å²) in [6.07, 6.45) is 0.0323. The van der Waals surface area contributed by atoms with Gasteiger partial charge in [0.15, 0.2) is 0 Å². The first-order chi connectivity index (χ1) is 9.37. The second-order valence-electron chi connectivity index (χ2n) is 5.53. The van der Waals surface area contributed by atoms with Crippen molar-refractivity contribution in [2.75, 3.05) is 6.54 Å². The van der Waals surface area contributed by atoms with Gasteiger partial charge in [-0.3, -0.25) is 5.10 Å². The van der Waals surface area contributed by atoms with Crippen molar-refractivity contribution in [3.05, 3.63) is 29.7 Å². The maximum Gasteiger partial charge on any atom is 0.407 e. The molecule has 0 saturated heterocycles. The van der Waals surface area contributed by atoms with Crippen LogP contribution in [0, 0.1) is 5.95 Å². The molecule has 20 heavy (non-hydrogen) atoms. The lowest BCUT2D eigenvalue weighted by atomic mass is 10.1. The summed E-state index contributed by atoms with van der Waals surface area (Å²) in [4.78, 5) is 11.5. The average Bonchev–Trinajstić information content (AvgIpc) is 2.70. The third-order valence-corrected chi connectivity index (χ3v) is 2.69. The average molecular weight is 279 g/mol. The number of nitrogens with one attached hydrogen (secondary N) is 2. The Morgan fingerprint density at radius 2 is 2.20 bits per heavy atom. The minimum Gasteiger partial charge on any atom is -0.444 e. The molecule has 0 atom stereocenters. The first-order valence-electron chi connectivity index (χ1n) is 6.45. The van der Waals surface area contributed by atoms with Gasteiger partial charge in [-0.15, -0.1) is 5.10 Å². The molecule has 0 fully saturated rings. The van der Waals surface area contributed by atoms with Gasteiger partial charge in [0.25, 0.3) is 0 Å². The molecule has 1 aromatic carbocycles. The minimum absolute atomic E-state index is 0.374. The summed E-state index contributed by atoms with van der Waals surface area (Å²) < 4.78 is 18.7. The maximum absolute atomic E-state index is 13.6. The number of halogens is 1. The molecule has 1 heterocycles. The summed E-state index contributed by atoms with van der Waals surface area (Å²) in [5, 5.41) is 9.29. The van der Waals surface area contributed by atoms with Crippen molar-refractivity contribution < 1.29 is 13.9 Å². The van der Waals surface area contributed by atoms with Crippen molar-refractivity contribution in [3.63, 3.8) is 0 Å². The molecular formula is C14H18FN3O2. The zero-order chi connectivity index (χ0) is 14.8. The number of benzene rings is 1. The summed E-state index contributed by atoms with van der Waals surface area (Å²) in [5.74, 6) is -0.520. The lowest BCUT2D eigenvalue weighted by molar-refractivity contribution is 0.0528. The third-order valence-electron chi connectivity index (χ3n) is 2.69. The Balaban J connectivity index is 1.97. The summed E-state index contributed by atoms with van der Waals surface area (Å²) in [5.41, 5.74) is 0.919. The van der Waals surface area contributed by atoms with E-state index in [0.29, 0.717) is 23.9 Å². The van der Waals surface area contributed by atoms with E-state index in [9.17, 15) is 9.18 Å². The van der Waals surface area contributed by atoms with Crippen LogP contribution in [0.5, 0.6) is 0 Å². The molecule has 0 aliphatic rings. The lowest BCUT2D eigenvalue weighted by Crippen LogP contribution is -2.33. The summed E-state index contributed by atoms with van der Waals surface area (Å²) >= 11 is 0. The standard InChI is InChI=1S/C14H18FN3O2/c1-14(2,3)20-13(19)16-8-7-9-5-4-6-10-11(9)12(15)18-17-10/h4-6H,7-8H2,1-3H3,(H,16,19)(H,17,18). The van der Waals surface area contributed by atoms with E-state index in [1.54, 1.807) is 26.8 Å². The van der Waals surface area contributed by atoms with Gasteiger partial charge in [0.2, 0.25) is 5.95 Å². The first kappa shape index (κ1) is 14.3. The monoisotopic (exact) mass is 279 g/mol. The quantitative estimate of drug-likeness (QED) is 0.907. The molecule has 2 rings (SSSR count). The van der Waals surface area contributed by atoms with E-state index >= 15 is 0 Å². The van der Waals surface area contributed by atoms with Crippen molar-refractivity contribution in [2.45, 2.75) is 32.8 Å². The zero-order valence-corrected chi connectivity index (χ0v) is 11.8. The van der Waals surface area contributed by atoms with Gasteiger partial charge in [-0.2, -0.15) is 4.39 Å². The van der Waals surface area contributed by atoms with Crippen LogP contribution < -0.4 is 5.32 Å². The largest absolute Gasteiger partial charge is 0.444 e. The Morgan fingerprint density at radius 3 is 2.90 bits per heavy atom. The Bertz CT molecular complexity index is 616. The topological polar surface area (TPSA) is 67.0 Å². The molecule has 0 aliphatic heterocycles. The number of nitrogens with zero attached hydrogens (tertiary/aromatic N) is 1. The highest BCUT2D eigenvalue weighted by Gasteiger charge is 2.16. The SMILES string of the molecule is CC(C)(C)OC(=O)NCCc1cccc2[nH]nc(F)c12. The predicted octanol–water partition coefficient (Wildman–Crippen LogP) is 2.77. The zero-order valence-electron chi connectivity index (χ0n) is 11.8. The minimum atomic E-state index is -0.527. The molecule has 5 nitrogen and oxygen atoms in total. The van der Waals surface area contributed by atoms with Crippen LogP contribution >= 0.6 is 0 Å². The van der Waals surface area contributed by atoms with Gasteiger partial charge in [0.05, 0.1) is 10.9 Å². The van der Waals surface area contributed by atoms with Crippen molar-refractivity contribution in [2.24, 2.45) is 0 Å². The number of hydrogen-bond acceptors (Lipinski definition) is 3. The smallest absolute Gasteiger partial charge is 0.407 e. The van der Waals surface area contributed by atoms with Crippen molar-refractivity contribution in [3.8, 4) is 0 Å². The molecule has 0 radical (unpaired) electrons. The number of carbonyl (C=O) groups is 1. The van der Waals surface area contributed by atoms with Gasteiger partial charge in [-0.05, 0) is 38.8 Å². The molecule has 0 bridgehead atoms. The summed E-state index contributed by atoms with van der Waals surface area (Å²) in [6.45, 7) is 5.77. The number of amides is 1. The Hall–Kier alpha value is -2.11. The van der Waals surface area contributed by atoms with Gasteiger partial charge in [0, 0.05) is 6.54 Å². The van der Waals surface area contributed by atoms with Crippen LogP contribution in [0.15, 0.2) is 18.2 Å². The fourth-order valence-electron chi connectivity index (χ4n) is 1.92. The van der Waals surface area contributed by atoms with E-state index in [2.05, 4.69) is 15.5 Å². The molecule has 1 amide bonds. The van der Waals surface area contributed by atoms with Crippen LogP contribution in [0.25, 0.3) is 10.9 Å². The molecule has 2 N–H and O–H groups in total. The number of alkyl carbamates (subject to hydrolysis) is 1. The van der Waals surface area contributed by atoms with Crippen LogP contribution in [0.4, 0.5) is 9.18 Å². The van der Waals surface area contributed by atoms with Crippen LogP contribution in [-0.4, -0.2) is 28.4 Å². The predicted molar refractivity (Wildman–Crippen MR) is 74.0 cm³/mol. The van der Waals surface area contributed by atoms with E-state index in [4.69, 9.17) is 4.74 Å². The van der Waals surface area contributed by atoms with E-state index in [1.165, 1.54) is 0 Å². The fourth-order valence-corrected chi connectivity index (χ4v) is 1.92. The molecule has 0 unspecified atom stereocenters. The number of H-pyrrole nitrogens is 1. The van der Waals surface area contributed by atoms with E-state index in [-0.39, 0.29) is 0 Å². The van der Waals surface area contributed by atoms with E-state index < -0.39 is 17.6 Å². The van der Waals surface area contributed by atoms with Crippen LogP contribution in [0.2, 0.25) is 0 Å². The van der Waals surface area contributed by atoms with Gasteiger partial charge >= 0.3 is 6.09 Å². The highest BCUT2D eigenvalue weighted by molar-refractivity contribution is 5.82. The second-order valence-corrected chi connectivity index (χ2v) is 5.53. The normalized spacial score (nSPS) is 11.6. The van der Waals surface area contributed by atoms with Crippen molar-refractivity contribution in [1.82, 2.24) is 15.5 Å². The number of fused-ring (bicyclic) bond motifs is 1. The number of carbonyl (C=O) groups excluding carboxylic acids is 1. The number of aromatic amines is 1. The van der Waals surface area contributed by atoms with Gasteiger partial charge in [-0.1, -0.05) is 12.1 Å². The molecule has 1 aromatic heterocycles. The number of ether oxygens (including phenoxy) is 1. The Morgan fingerprint density at radius 1 is 1.45 bits per heavy atom. The fraction of sp³-hybridized carbons (Fsp3) is 0.429. The van der Waals surface area contributed by atoms with Gasteiger partial charge < -0.3 is 10.1 Å². The van der Waals surface area contributed by atoms with Crippen LogP contribution in [-0.2, 0) is 11.2 Å². The van der Waals surface area contributed by atoms with Gasteiger partial charge in [-0.25, -0.2) is 4.79 Å². The third kappa shape index (κ3) is 3.46. The highest BCUT2D eigenvalue weighted by Crippen LogP contribution is 2.19. The summed E-state index contributed by atoms with van der Waals surface area (Å²) in [7, 11) is 0. The molecular weight excluding hydrogens is 261 g/mol. The van der Waals surface area contributed by atoms with Crippen LogP contribution in [0.3, 0.4) is 0 Å². The molecule has 108 valence electrons. The first-order valence-corrected chi connectivity index (χ1v) is 6.45. The molecule has 0 saturated carbocycles. The van der Waals surface area contributed by atoms with E-state index in [0.717, 1.165) is 5.56 Å². The van der Waals surface area contributed by atoms with Crippen LogP contribution in [0.1, 0.15) is 26.3 Å². The Kier molecular flexibility index (Phi) is 3.92. The number of rotatable bonds is 3. The second kappa shape index (κ2) is 5.48. The number of aromatic nitrogens is 2. The van der Waals surface area contributed by atoms with Crippen molar-refractivity contribution >= 4 is 17.0 Å². The maximum atomic E-state index is 13.6. The number of hydrogen-bond donors (Lipinski definition) is 2.